The van der Waals surface area contributed by atoms with E-state index in [0.717, 1.165) is 19.3 Å². The van der Waals surface area contributed by atoms with Gasteiger partial charge in [0, 0.05) is 0 Å². The molecule has 1 fully saturated rings. The van der Waals surface area contributed by atoms with Gasteiger partial charge in [0.15, 0.2) is 8.32 Å². The van der Waals surface area contributed by atoms with Gasteiger partial charge in [-0.05, 0) is 82.9 Å². The Morgan fingerprint density at radius 1 is 1.22 bits per heavy atom. The van der Waals surface area contributed by atoms with Crippen LogP contribution in [0.25, 0.3) is 0 Å². The SMILES string of the molecule is CC1(C)OB(C2=CCC(CC(C)(C)[Si](C)(C)O)CC2)OC1(C)C. The molecule has 0 bridgehead atoms. The highest BCUT2D eigenvalue weighted by molar-refractivity contribution is 6.72. The van der Waals surface area contributed by atoms with E-state index in [9.17, 15) is 4.80 Å². The van der Waals surface area contributed by atoms with E-state index in [0.29, 0.717) is 5.92 Å². The van der Waals surface area contributed by atoms with E-state index in [1.807, 2.05) is 0 Å². The molecule has 0 saturated carbocycles. The van der Waals surface area contributed by atoms with Gasteiger partial charge in [0.1, 0.15) is 0 Å². The van der Waals surface area contributed by atoms with Crippen molar-refractivity contribution in [3.05, 3.63) is 11.5 Å². The van der Waals surface area contributed by atoms with Gasteiger partial charge in [-0.15, -0.1) is 0 Å². The van der Waals surface area contributed by atoms with Crippen LogP contribution in [0, 0.1) is 5.92 Å². The molecule has 1 aliphatic carbocycles. The van der Waals surface area contributed by atoms with Crippen LogP contribution < -0.4 is 0 Å². The summed E-state index contributed by atoms with van der Waals surface area (Å²) in [6, 6.07) is 0. The molecule has 1 saturated heterocycles. The normalized spacial score (nSPS) is 28.0. The smallest absolute Gasteiger partial charge is 0.432 e. The van der Waals surface area contributed by atoms with Crippen molar-refractivity contribution in [3.8, 4) is 0 Å². The van der Waals surface area contributed by atoms with Crippen LogP contribution in [-0.4, -0.2) is 31.4 Å². The van der Waals surface area contributed by atoms with Gasteiger partial charge < -0.3 is 14.1 Å². The lowest BCUT2D eigenvalue weighted by Gasteiger charge is -2.38. The molecule has 5 heteroatoms. The van der Waals surface area contributed by atoms with E-state index in [2.05, 4.69) is 60.7 Å². The lowest BCUT2D eigenvalue weighted by Crippen LogP contribution is -2.41. The van der Waals surface area contributed by atoms with E-state index in [4.69, 9.17) is 9.31 Å². The summed E-state index contributed by atoms with van der Waals surface area (Å²) in [5, 5.41) is 0.0628. The van der Waals surface area contributed by atoms with Crippen LogP contribution in [0.5, 0.6) is 0 Å². The van der Waals surface area contributed by atoms with Gasteiger partial charge in [0.2, 0.25) is 0 Å². The third-order valence-electron chi connectivity index (χ3n) is 6.57. The molecular formula is C18H35BO3Si. The molecule has 1 aliphatic heterocycles. The Labute approximate surface area is 144 Å². The molecule has 23 heavy (non-hydrogen) atoms. The van der Waals surface area contributed by atoms with Crippen molar-refractivity contribution < 1.29 is 14.1 Å². The second kappa shape index (κ2) is 6.01. The van der Waals surface area contributed by atoms with Crippen LogP contribution in [0.2, 0.25) is 18.1 Å². The molecule has 2 rings (SSSR count). The molecule has 2 aliphatic rings. The molecule has 0 aromatic carbocycles. The number of hydrogen-bond donors (Lipinski definition) is 1. The van der Waals surface area contributed by atoms with Gasteiger partial charge in [-0.2, -0.15) is 0 Å². The maximum absolute atomic E-state index is 10.5. The zero-order valence-corrected chi connectivity index (χ0v) is 17.3. The Morgan fingerprint density at radius 2 is 1.74 bits per heavy atom. The summed E-state index contributed by atoms with van der Waals surface area (Å²) in [4.78, 5) is 10.5. The molecule has 0 aromatic rings. The van der Waals surface area contributed by atoms with Crippen LogP contribution in [0.4, 0.5) is 0 Å². The average Bonchev–Trinajstić information content (AvgIpc) is 2.57. The molecular weight excluding hydrogens is 303 g/mol. The lowest BCUT2D eigenvalue weighted by molar-refractivity contribution is 0.00578. The van der Waals surface area contributed by atoms with Crippen LogP contribution in [-0.2, 0) is 9.31 Å². The van der Waals surface area contributed by atoms with Gasteiger partial charge in [-0.3, -0.25) is 0 Å². The predicted molar refractivity (Wildman–Crippen MR) is 99.9 cm³/mol. The van der Waals surface area contributed by atoms with E-state index in [1.165, 1.54) is 11.9 Å². The third-order valence-corrected chi connectivity index (χ3v) is 10.1. The molecule has 1 atom stereocenters. The molecule has 0 radical (unpaired) electrons. The van der Waals surface area contributed by atoms with Crippen molar-refractivity contribution in [1.29, 1.82) is 0 Å². The Balaban J connectivity index is 1.98. The number of rotatable bonds is 4. The highest BCUT2D eigenvalue weighted by Gasteiger charge is 2.52. The van der Waals surface area contributed by atoms with E-state index in [-0.39, 0.29) is 23.4 Å². The molecule has 1 unspecified atom stereocenters. The fraction of sp³-hybridized carbons (Fsp3) is 0.889. The summed E-state index contributed by atoms with van der Waals surface area (Å²) in [5.41, 5.74) is 0.784. The highest BCUT2D eigenvalue weighted by atomic mass is 28.4. The third kappa shape index (κ3) is 3.94. The fourth-order valence-corrected chi connectivity index (χ4v) is 4.06. The van der Waals surface area contributed by atoms with Crippen molar-refractivity contribution in [3.63, 3.8) is 0 Å². The van der Waals surface area contributed by atoms with Gasteiger partial charge in [0.25, 0.3) is 0 Å². The van der Waals surface area contributed by atoms with Crippen LogP contribution in [0.1, 0.15) is 67.2 Å². The Bertz CT molecular complexity index is 461. The maximum atomic E-state index is 10.5. The molecule has 1 N–H and O–H groups in total. The van der Waals surface area contributed by atoms with Crippen molar-refractivity contribution in [2.45, 2.75) is 96.6 Å². The standard InChI is InChI=1S/C18H35BO3Si/c1-16(2,23(7,8)20)13-14-9-11-15(12-10-14)19-21-17(3,4)18(5,6)22-19/h11,14,20H,9-10,12-13H2,1-8H3. The second-order valence-electron chi connectivity index (χ2n) is 9.65. The summed E-state index contributed by atoms with van der Waals surface area (Å²) in [6.07, 6.45) is 6.73. The van der Waals surface area contributed by atoms with Crippen LogP contribution in [0.15, 0.2) is 11.5 Å². The van der Waals surface area contributed by atoms with Crippen LogP contribution >= 0.6 is 0 Å². The Hall–Kier alpha value is -0.0982. The van der Waals surface area contributed by atoms with Crippen molar-refractivity contribution in [1.82, 2.24) is 0 Å². The summed E-state index contributed by atoms with van der Waals surface area (Å²) in [6.45, 7) is 17.0. The van der Waals surface area contributed by atoms with Gasteiger partial charge >= 0.3 is 7.12 Å². The monoisotopic (exact) mass is 338 g/mol. The molecule has 132 valence electrons. The van der Waals surface area contributed by atoms with E-state index < -0.39 is 8.32 Å². The predicted octanol–water partition coefficient (Wildman–Crippen LogP) is 4.71. The van der Waals surface area contributed by atoms with Gasteiger partial charge in [-0.25, -0.2) is 0 Å². The largest absolute Gasteiger partial charge is 0.490 e. The summed E-state index contributed by atoms with van der Waals surface area (Å²) < 4.78 is 12.3. The minimum Gasteiger partial charge on any atom is -0.432 e. The molecule has 1 heterocycles. The number of hydrogen-bond acceptors (Lipinski definition) is 3. The average molecular weight is 338 g/mol. The van der Waals surface area contributed by atoms with Gasteiger partial charge in [-0.1, -0.05) is 19.9 Å². The molecule has 0 spiro atoms. The Kier molecular flexibility index (Phi) is 5.02. The van der Waals surface area contributed by atoms with Crippen molar-refractivity contribution >= 4 is 15.4 Å². The quantitative estimate of drug-likeness (QED) is 0.754. The molecule has 0 aromatic heterocycles. The Morgan fingerprint density at radius 3 is 2.13 bits per heavy atom. The number of allylic oxidation sites excluding steroid dienone is 2. The van der Waals surface area contributed by atoms with E-state index >= 15 is 0 Å². The first-order valence-corrected chi connectivity index (χ1v) is 12.0. The molecule has 0 amide bonds. The topological polar surface area (TPSA) is 38.7 Å². The minimum absolute atomic E-state index is 0.0628. The zero-order valence-electron chi connectivity index (χ0n) is 16.3. The summed E-state index contributed by atoms with van der Waals surface area (Å²) in [5.74, 6) is 0.662. The first-order valence-electron chi connectivity index (χ1n) is 9.02. The summed E-state index contributed by atoms with van der Waals surface area (Å²) in [7, 11) is -2.30. The lowest BCUT2D eigenvalue weighted by atomic mass is 9.69. The van der Waals surface area contributed by atoms with Gasteiger partial charge in [0.05, 0.1) is 11.2 Å². The van der Waals surface area contributed by atoms with Crippen molar-refractivity contribution in [2.75, 3.05) is 0 Å². The first-order chi connectivity index (χ1) is 10.3. The zero-order chi connectivity index (χ0) is 17.7. The fourth-order valence-electron chi connectivity index (χ4n) is 3.27. The summed E-state index contributed by atoms with van der Waals surface area (Å²) >= 11 is 0. The van der Waals surface area contributed by atoms with Crippen molar-refractivity contribution in [2.24, 2.45) is 5.92 Å². The van der Waals surface area contributed by atoms with E-state index in [1.54, 1.807) is 0 Å². The van der Waals surface area contributed by atoms with Crippen LogP contribution in [0.3, 0.4) is 0 Å². The first kappa shape index (κ1) is 19.2. The minimum atomic E-state index is -2.12. The highest BCUT2D eigenvalue weighted by Crippen LogP contribution is 2.46. The maximum Gasteiger partial charge on any atom is 0.490 e. The second-order valence-corrected chi connectivity index (χ2v) is 14.1. The molecule has 3 nitrogen and oxygen atoms in total.